The van der Waals surface area contributed by atoms with Crippen molar-refractivity contribution in [1.82, 2.24) is 0 Å². The number of rotatable bonds is 6. The highest BCUT2D eigenvalue weighted by Gasteiger charge is 2.07. The van der Waals surface area contributed by atoms with Crippen molar-refractivity contribution < 1.29 is 13.7 Å². The molecule has 82 valence electrons. The highest BCUT2D eigenvalue weighted by atomic mass is 32.2. The summed E-state index contributed by atoms with van der Waals surface area (Å²) in [7, 11) is -0.791. The Balaban J connectivity index is 3.52. The number of hydrogen-bond donors (Lipinski definition) is 0. The lowest BCUT2D eigenvalue weighted by Crippen LogP contribution is -2.12. The molecule has 0 saturated carbocycles. The van der Waals surface area contributed by atoms with E-state index in [4.69, 9.17) is 4.74 Å². The second-order valence-corrected chi connectivity index (χ2v) is 5.17. The van der Waals surface area contributed by atoms with Gasteiger partial charge in [-0.3, -0.25) is 4.21 Å². The molecule has 2 atom stereocenters. The van der Waals surface area contributed by atoms with Gasteiger partial charge in [0.25, 0.3) is 0 Å². The smallest absolute Gasteiger partial charge is 0.333 e. The Bertz CT molecular complexity index is 236. The van der Waals surface area contributed by atoms with E-state index in [0.717, 1.165) is 12.8 Å². The molecule has 0 heterocycles. The first-order valence-electron chi connectivity index (χ1n) is 4.60. The fraction of sp³-hybridized carbons (Fsp3) is 0.700. The molecular formula is C10H18O3S. The SMILES string of the molecule is C=C(C)C(=O)OCCCC(C)S(C)=O. The monoisotopic (exact) mass is 218 g/mol. The van der Waals surface area contributed by atoms with Crippen molar-refractivity contribution in [2.24, 2.45) is 0 Å². The molecule has 0 aliphatic rings. The van der Waals surface area contributed by atoms with Gasteiger partial charge >= 0.3 is 5.97 Å². The molecule has 3 nitrogen and oxygen atoms in total. The Morgan fingerprint density at radius 2 is 2.14 bits per heavy atom. The zero-order valence-corrected chi connectivity index (χ0v) is 9.86. The van der Waals surface area contributed by atoms with Crippen LogP contribution in [-0.2, 0) is 20.3 Å². The van der Waals surface area contributed by atoms with E-state index < -0.39 is 10.8 Å². The fourth-order valence-corrected chi connectivity index (χ4v) is 1.32. The van der Waals surface area contributed by atoms with Crippen molar-refractivity contribution >= 4 is 16.8 Å². The second kappa shape index (κ2) is 6.76. The minimum absolute atomic E-state index is 0.165. The van der Waals surface area contributed by atoms with E-state index in [1.807, 2.05) is 6.92 Å². The first-order chi connectivity index (χ1) is 6.45. The summed E-state index contributed by atoms with van der Waals surface area (Å²) in [6.45, 7) is 7.40. The standard InChI is InChI=1S/C10H18O3S/c1-8(2)10(11)13-7-5-6-9(3)14(4)12/h9H,1,5-7H2,2-4H3. The Labute approximate surface area is 88.0 Å². The van der Waals surface area contributed by atoms with Gasteiger partial charge in [-0.25, -0.2) is 4.79 Å². The van der Waals surface area contributed by atoms with Crippen LogP contribution in [0.1, 0.15) is 26.7 Å². The van der Waals surface area contributed by atoms with Crippen LogP contribution < -0.4 is 0 Å². The molecule has 0 spiro atoms. The molecule has 14 heavy (non-hydrogen) atoms. The number of carbonyl (C=O) groups is 1. The summed E-state index contributed by atoms with van der Waals surface area (Å²) in [5.41, 5.74) is 0.414. The average Bonchev–Trinajstić information content (AvgIpc) is 2.11. The van der Waals surface area contributed by atoms with Gasteiger partial charge in [-0.15, -0.1) is 0 Å². The molecule has 0 amide bonds. The van der Waals surface area contributed by atoms with Crippen LogP contribution in [0, 0.1) is 0 Å². The topological polar surface area (TPSA) is 43.4 Å². The van der Waals surface area contributed by atoms with Crippen LogP contribution in [0.2, 0.25) is 0 Å². The summed E-state index contributed by atoms with van der Waals surface area (Å²) in [5.74, 6) is -0.352. The van der Waals surface area contributed by atoms with Crippen molar-refractivity contribution in [1.29, 1.82) is 0 Å². The molecule has 0 saturated heterocycles. The van der Waals surface area contributed by atoms with Gasteiger partial charge in [0.2, 0.25) is 0 Å². The molecule has 4 heteroatoms. The lowest BCUT2D eigenvalue weighted by Gasteiger charge is -2.08. The van der Waals surface area contributed by atoms with Crippen LogP contribution in [0.5, 0.6) is 0 Å². The molecule has 0 aromatic carbocycles. The Hall–Kier alpha value is -0.640. The summed E-state index contributed by atoms with van der Waals surface area (Å²) < 4.78 is 15.9. The summed E-state index contributed by atoms with van der Waals surface area (Å²) in [6.07, 6.45) is 3.25. The van der Waals surface area contributed by atoms with E-state index in [2.05, 4.69) is 6.58 Å². The van der Waals surface area contributed by atoms with Crippen LogP contribution >= 0.6 is 0 Å². The van der Waals surface area contributed by atoms with Crippen molar-refractivity contribution in [3.8, 4) is 0 Å². The van der Waals surface area contributed by atoms with E-state index in [9.17, 15) is 9.00 Å². The largest absolute Gasteiger partial charge is 0.462 e. The van der Waals surface area contributed by atoms with E-state index in [1.165, 1.54) is 0 Å². The third kappa shape index (κ3) is 5.91. The van der Waals surface area contributed by atoms with E-state index >= 15 is 0 Å². The van der Waals surface area contributed by atoms with Crippen LogP contribution in [-0.4, -0.2) is 28.3 Å². The summed E-state index contributed by atoms with van der Waals surface area (Å²) in [5, 5.41) is 0.165. The first-order valence-corrected chi connectivity index (χ1v) is 6.22. The molecule has 0 radical (unpaired) electrons. The van der Waals surface area contributed by atoms with Gasteiger partial charge in [0.05, 0.1) is 6.61 Å². The lowest BCUT2D eigenvalue weighted by atomic mass is 10.2. The highest BCUT2D eigenvalue weighted by Crippen LogP contribution is 2.03. The quantitative estimate of drug-likeness (QED) is 0.387. The van der Waals surface area contributed by atoms with Crippen LogP contribution in [0.15, 0.2) is 12.2 Å². The van der Waals surface area contributed by atoms with Gasteiger partial charge in [-0.05, 0) is 19.8 Å². The maximum atomic E-state index is 11.0. The van der Waals surface area contributed by atoms with Gasteiger partial charge in [0.1, 0.15) is 0 Å². The molecule has 0 fully saturated rings. The first kappa shape index (κ1) is 13.4. The van der Waals surface area contributed by atoms with Crippen LogP contribution in [0.25, 0.3) is 0 Å². The molecule has 2 unspecified atom stereocenters. The molecule has 0 aromatic rings. The predicted molar refractivity (Wildman–Crippen MR) is 58.5 cm³/mol. The fourth-order valence-electron chi connectivity index (χ4n) is 0.825. The molecule has 0 rings (SSSR count). The Morgan fingerprint density at radius 1 is 1.57 bits per heavy atom. The Kier molecular flexibility index (Phi) is 6.45. The van der Waals surface area contributed by atoms with E-state index in [0.29, 0.717) is 12.2 Å². The maximum absolute atomic E-state index is 11.0. The third-order valence-electron chi connectivity index (χ3n) is 1.90. The number of hydrogen-bond acceptors (Lipinski definition) is 3. The van der Waals surface area contributed by atoms with Gasteiger partial charge < -0.3 is 4.74 Å². The molecule has 0 aromatic heterocycles. The zero-order valence-electron chi connectivity index (χ0n) is 9.04. The maximum Gasteiger partial charge on any atom is 0.333 e. The second-order valence-electron chi connectivity index (χ2n) is 3.37. The van der Waals surface area contributed by atoms with Crippen LogP contribution in [0.3, 0.4) is 0 Å². The Morgan fingerprint density at radius 3 is 2.57 bits per heavy atom. The third-order valence-corrected chi connectivity index (χ3v) is 3.27. The van der Waals surface area contributed by atoms with E-state index in [-0.39, 0.29) is 11.2 Å². The van der Waals surface area contributed by atoms with Crippen molar-refractivity contribution in [3.63, 3.8) is 0 Å². The number of esters is 1. The minimum atomic E-state index is -0.791. The summed E-state index contributed by atoms with van der Waals surface area (Å²) >= 11 is 0. The van der Waals surface area contributed by atoms with Crippen molar-refractivity contribution in [2.75, 3.05) is 12.9 Å². The molecule has 0 N–H and O–H groups in total. The predicted octanol–water partition coefficient (Wildman–Crippen LogP) is 1.65. The van der Waals surface area contributed by atoms with Gasteiger partial charge in [-0.2, -0.15) is 0 Å². The van der Waals surface area contributed by atoms with Crippen LogP contribution in [0.4, 0.5) is 0 Å². The van der Waals surface area contributed by atoms with Crippen molar-refractivity contribution in [3.05, 3.63) is 12.2 Å². The van der Waals surface area contributed by atoms with Crippen molar-refractivity contribution in [2.45, 2.75) is 31.9 Å². The summed E-state index contributed by atoms with van der Waals surface area (Å²) in [6, 6.07) is 0. The lowest BCUT2D eigenvalue weighted by molar-refractivity contribution is -0.139. The molecule has 0 aliphatic heterocycles. The summed E-state index contributed by atoms with van der Waals surface area (Å²) in [4.78, 5) is 10.9. The highest BCUT2D eigenvalue weighted by molar-refractivity contribution is 7.84. The van der Waals surface area contributed by atoms with Gasteiger partial charge in [0.15, 0.2) is 0 Å². The van der Waals surface area contributed by atoms with E-state index in [1.54, 1.807) is 13.2 Å². The van der Waals surface area contributed by atoms with Gasteiger partial charge in [0, 0.05) is 27.9 Å². The molecule has 0 aliphatic carbocycles. The molecule has 0 bridgehead atoms. The number of carbonyl (C=O) groups excluding carboxylic acids is 1. The van der Waals surface area contributed by atoms with Gasteiger partial charge in [-0.1, -0.05) is 13.5 Å². The number of ether oxygens (including phenoxy) is 1. The molecular weight excluding hydrogens is 200 g/mol. The minimum Gasteiger partial charge on any atom is -0.462 e. The average molecular weight is 218 g/mol. The normalized spacial score (nSPS) is 14.5. The zero-order chi connectivity index (χ0) is 11.1.